The molecule has 1 atom stereocenters. The van der Waals surface area contributed by atoms with Gasteiger partial charge in [0.05, 0.1) is 11.7 Å². The molecule has 1 aliphatic rings. The Labute approximate surface area is 203 Å². The summed E-state index contributed by atoms with van der Waals surface area (Å²) in [5.41, 5.74) is 2.34. The van der Waals surface area contributed by atoms with E-state index in [1.54, 1.807) is 6.07 Å². The molecule has 4 aromatic rings. The number of benzene rings is 1. The minimum atomic E-state index is -0.635. The quantitative estimate of drug-likeness (QED) is 0.370. The Hall–Kier alpha value is -3.46. The second-order valence-electron chi connectivity index (χ2n) is 9.36. The summed E-state index contributed by atoms with van der Waals surface area (Å²) in [7, 11) is 0. The first-order valence-corrected chi connectivity index (χ1v) is 12.0. The maximum absolute atomic E-state index is 14.9. The molecule has 7 nitrogen and oxygen atoms in total. The Morgan fingerprint density at radius 1 is 0.943 bits per heavy atom. The van der Waals surface area contributed by atoms with Crippen LogP contribution in [-0.2, 0) is 0 Å². The van der Waals surface area contributed by atoms with Gasteiger partial charge in [0.2, 0.25) is 5.95 Å². The number of anilines is 2. The molecule has 1 aromatic carbocycles. The van der Waals surface area contributed by atoms with Crippen LogP contribution < -0.4 is 5.32 Å². The van der Waals surface area contributed by atoms with Crippen LogP contribution in [0.15, 0.2) is 36.7 Å². The number of nitrogens with zero attached hydrogens (tertiary/aromatic N) is 6. The van der Waals surface area contributed by atoms with Crippen molar-refractivity contribution in [1.82, 2.24) is 29.4 Å². The van der Waals surface area contributed by atoms with Gasteiger partial charge in [0, 0.05) is 23.8 Å². The number of hydrogen-bond donors (Lipinski definition) is 1. The van der Waals surface area contributed by atoms with E-state index in [0.29, 0.717) is 28.8 Å². The van der Waals surface area contributed by atoms with Crippen molar-refractivity contribution >= 4 is 22.8 Å². The fraction of sp³-hybridized carbons (Fsp3) is 0.385. The molecule has 4 heterocycles. The number of pyridine rings is 1. The molecular formula is C26H29F2N7. The number of imidazole rings is 1. The molecule has 9 heteroatoms. The topological polar surface area (TPSA) is 71.8 Å². The van der Waals surface area contributed by atoms with Gasteiger partial charge in [-0.25, -0.2) is 28.7 Å². The summed E-state index contributed by atoms with van der Waals surface area (Å²) in [6.07, 6.45) is 5.39. The zero-order valence-corrected chi connectivity index (χ0v) is 20.4. The zero-order chi connectivity index (χ0) is 24.7. The van der Waals surface area contributed by atoms with Crippen LogP contribution in [0.25, 0.3) is 22.3 Å². The van der Waals surface area contributed by atoms with Crippen LogP contribution in [0.4, 0.5) is 20.5 Å². The first kappa shape index (κ1) is 23.3. The van der Waals surface area contributed by atoms with Crippen molar-refractivity contribution in [3.63, 3.8) is 0 Å². The van der Waals surface area contributed by atoms with Gasteiger partial charge in [-0.3, -0.25) is 4.90 Å². The second-order valence-corrected chi connectivity index (χ2v) is 9.36. The lowest BCUT2D eigenvalue weighted by atomic mass is 10.1. The van der Waals surface area contributed by atoms with Crippen LogP contribution in [-0.4, -0.2) is 42.5 Å². The molecule has 1 N–H and O–H groups in total. The molecule has 1 aliphatic heterocycles. The highest BCUT2D eigenvalue weighted by molar-refractivity contribution is 5.83. The first-order chi connectivity index (χ1) is 16.8. The average molecular weight is 478 g/mol. The van der Waals surface area contributed by atoms with Crippen LogP contribution >= 0.6 is 0 Å². The standard InChI is InChI=1S/C26H29F2N7/c1-15(2)35-17(4)31-25-20(27)11-19(12-22(25)35)24-21(28)14-30-26(33-24)32-23-8-7-18(13-29-23)16(3)34-9-5-6-10-34/h7-8,11-16H,5-6,9-10H2,1-4H3,(H,29,30,32,33)/t16-/m0/s1. The molecule has 0 spiro atoms. The van der Waals surface area contributed by atoms with E-state index in [4.69, 9.17) is 0 Å². The van der Waals surface area contributed by atoms with Gasteiger partial charge in [0.15, 0.2) is 11.6 Å². The van der Waals surface area contributed by atoms with Gasteiger partial charge >= 0.3 is 0 Å². The SMILES string of the molecule is Cc1nc2c(F)cc(-c3nc(Nc4ccc([C@H](C)N5CCCC5)cn4)ncc3F)cc2n1C(C)C. The van der Waals surface area contributed by atoms with E-state index in [2.05, 4.69) is 37.1 Å². The molecule has 0 bridgehead atoms. The van der Waals surface area contributed by atoms with Crippen molar-refractivity contribution in [1.29, 1.82) is 0 Å². The van der Waals surface area contributed by atoms with Crippen LogP contribution in [0.3, 0.4) is 0 Å². The summed E-state index contributed by atoms with van der Waals surface area (Å²) in [5, 5.41) is 3.04. The summed E-state index contributed by atoms with van der Waals surface area (Å²) in [5.74, 6) is 0.282. The third-order valence-electron chi connectivity index (χ3n) is 6.66. The van der Waals surface area contributed by atoms with Crippen molar-refractivity contribution < 1.29 is 8.78 Å². The van der Waals surface area contributed by atoms with Crippen molar-refractivity contribution in [2.45, 2.75) is 52.6 Å². The van der Waals surface area contributed by atoms with E-state index in [-0.39, 0.29) is 23.2 Å². The van der Waals surface area contributed by atoms with Gasteiger partial charge in [-0.15, -0.1) is 0 Å². The number of aromatic nitrogens is 5. The van der Waals surface area contributed by atoms with Crippen LogP contribution in [0.1, 0.15) is 57.1 Å². The Morgan fingerprint density at radius 2 is 1.71 bits per heavy atom. The van der Waals surface area contributed by atoms with E-state index >= 15 is 0 Å². The lowest BCUT2D eigenvalue weighted by Crippen LogP contribution is -2.23. The van der Waals surface area contributed by atoms with Gasteiger partial charge in [-0.1, -0.05) is 6.07 Å². The molecule has 0 unspecified atom stereocenters. The van der Waals surface area contributed by atoms with E-state index in [9.17, 15) is 8.78 Å². The number of likely N-dealkylation sites (tertiary alicyclic amines) is 1. The molecule has 0 saturated carbocycles. The highest BCUT2D eigenvalue weighted by Gasteiger charge is 2.20. The lowest BCUT2D eigenvalue weighted by molar-refractivity contribution is 0.263. The fourth-order valence-electron chi connectivity index (χ4n) is 4.87. The van der Waals surface area contributed by atoms with Crippen LogP contribution in [0.5, 0.6) is 0 Å². The molecule has 1 fully saturated rings. The number of fused-ring (bicyclic) bond motifs is 1. The zero-order valence-electron chi connectivity index (χ0n) is 20.4. The number of nitrogens with one attached hydrogen (secondary N) is 1. The Kier molecular flexibility index (Phi) is 6.19. The van der Waals surface area contributed by atoms with E-state index < -0.39 is 11.6 Å². The number of aryl methyl sites for hydroxylation is 1. The van der Waals surface area contributed by atoms with Crippen molar-refractivity contribution in [3.05, 3.63) is 59.7 Å². The smallest absolute Gasteiger partial charge is 0.229 e. The number of hydrogen-bond acceptors (Lipinski definition) is 6. The molecule has 0 radical (unpaired) electrons. The summed E-state index contributed by atoms with van der Waals surface area (Å²) in [6, 6.07) is 7.26. The molecule has 0 amide bonds. The number of rotatable bonds is 6. The van der Waals surface area contributed by atoms with E-state index in [1.165, 1.54) is 18.9 Å². The normalized spacial score (nSPS) is 15.3. The minimum Gasteiger partial charge on any atom is -0.326 e. The van der Waals surface area contributed by atoms with Crippen molar-refractivity contribution in [2.75, 3.05) is 18.4 Å². The van der Waals surface area contributed by atoms with Crippen LogP contribution in [0.2, 0.25) is 0 Å². The van der Waals surface area contributed by atoms with Gasteiger partial charge in [-0.2, -0.15) is 0 Å². The molecular weight excluding hydrogens is 448 g/mol. The maximum atomic E-state index is 14.9. The lowest BCUT2D eigenvalue weighted by Gasteiger charge is -2.23. The molecule has 5 rings (SSSR count). The summed E-state index contributed by atoms with van der Waals surface area (Å²) in [6.45, 7) is 10.2. The van der Waals surface area contributed by atoms with E-state index in [0.717, 1.165) is 24.8 Å². The molecule has 3 aromatic heterocycles. The predicted octanol–water partition coefficient (Wildman–Crippen LogP) is 5.96. The van der Waals surface area contributed by atoms with Crippen molar-refractivity contribution in [2.24, 2.45) is 0 Å². The first-order valence-electron chi connectivity index (χ1n) is 12.0. The fourth-order valence-corrected chi connectivity index (χ4v) is 4.87. The van der Waals surface area contributed by atoms with Gasteiger partial charge in [0.25, 0.3) is 0 Å². The Morgan fingerprint density at radius 3 is 2.40 bits per heavy atom. The predicted molar refractivity (Wildman–Crippen MR) is 133 cm³/mol. The largest absolute Gasteiger partial charge is 0.326 e. The molecule has 1 saturated heterocycles. The second kappa shape index (κ2) is 9.30. The van der Waals surface area contributed by atoms with Crippen molar-refractivity contribution in [3.8, 4) is 11.3 Å². The summed E-state index contributed by atoms with van der Waals surface area (Å²) in [4.78, 5) is 19.7. The third kappa shape index (κ3) is 4.48. The summed E-state index contributed by atoms with van der Waals surface area (Å²) < 4.78 is 31.6. The highest BCUT2D eigenvalue weighted by atomic mass is 19.1. The minimum absolute atomic E-state index is 0.0109. The monoisotopic (exact) mass is 477 g/mol. The summed E-state index contributed by atoms with van der Waals surface area (Å²) >= 11 is 0. The Bertz CT molecular complexity index is 1360. The number of halogens is 2. The van der Waals surface area contributed by atoms with Gasteiger partial charge in [-0.05, 0) is 77.4 Å². The van der Waals surface area contributed by atoms with Gasteiger partial charge in [0.1, 0.15) is 22.9 Å². The highest BCUT2D eigenvalue weighted by Crippen LogP contribution is 2.31. The maximum Gasteiger partial charge on any atom is 0.229 e. The van der Waals surface area contributed by atoms with E-state index in [1.807, 2.05) is 43.7 Å². The van der Waals surface area contributed by atoms with Crippen LogP contribution in [0, 0.1) is 18.6 Å². The molecule has 182 valence electrons. The van der Waals surface area contributed by atoms with Gasteiger partial charge < -0.3 is 9.88 Å². The third-order valence-corrected chi connectivity index (χ3v) is 6.66. The molecule has 35 heavy (non-hydrogen) atoms. The Balaban J connectivity index is 1.43. The molecule has 0 aliphatic carbocycles. The average Bonchev–Trinajstić information content (AvgIpc) is 3.48.